The molecule has 1 fully saturated rings. The molecule has 1 aromatic heterocycles. The summed E-state index contributed by atoms with van der Waals surface area (Å²) in [7, 11) is 0. The fourth-order valence-electron chi connectivity index (χ4n) is 3.72. The van der Waals surface area contributed by atoms with Gasteiger partial charge in [0.25, 0.3) is 0 Å². The number of alkyl halides is 3. The lowest BCUT2D eigenvalue weighted by Crippen LogP contribution is -2.42. The third kappa shape index (κ3) is 5.78. The maximum Gasteiger partial charge on any atom is 0.416 e. The van der Waals surface area contributed by atoms with Gasteiger partial charge in [0.15, 0.2) is 5.96 Å². The van der Waals surface area contributed by atoms with Crippen molar-refractivity contribution >= 4 is 5.96 Å². The molecule has 1 aromatic carbocycles. The molecular weight excluding hydrogens is 393 g/mol. The number of hydrogen-bond acceptors (Lipinski definition) is 2. The number of ether oxygens (including phenoxy) is 1. The van der Waals surface area contributed by atoms with Gasteiger partial charge in [0.05, 0.1) is 12.1 Å². The monoisotopic (exact) mass is 422 g/mol. The molecule has 0 spiro atoms. The molecule has 2 heterocycles. The predicted molar refractivity (Wildman–Crippen MR) is 112 cm³/mol. The van der Waals surface area contributed by atoms with Crippen molar-refractivity contribution < 1.29 is 17.9 Å². The molecule has 164 valence electrons. The molecule has 2 aromatic rings. The Labute approximate surface area is 175 Å². The Morgan fingerprint density at radius 1 is 1.13 bits per heavy atom. The number of hydrogen-bond donors (Lipinski definition) is 2. The standard InChI is InChI=1S/C22H29F3N4O/c1-2-26-20(27-10-13-29-11-3-4-12-29)28-17-21(8-14-30-15-9-21)18-6-5-7-19(16-18)22(23,24)25/h3-7,11-12,16H,2,8-10,13-15,17H2,1H3,(H2,26,27,28). The third-order valence-corrected chi connectivity index (χ3v) is 5.46. The van der Waals surface area contributed by atoms with Crippen molar-refractivity contribution in [3.8, 4) is 0 Å². The van der Waals surface area contributed by atoms with Crippen molar-refractivity contribution in [1.29, 1.82) is 0 Å². The van der Waals surface area contributed by atoms with Crippen molar-refractivity contribution in [2.45, 2.75) is 37.9 Å². The van der Waals surface area contributed by atoms with Crippen molar-refractivity contribution in [2.75, 3.05) is 32.8 Å². The third-order valence-electron chi connectivity index (χ3n) is 5.46. The van der Waals surface area contributed by atoms with Crippen molar-refractivity contribution in [3.05, 3.63) is 59.9 Å². The molecule has 0 amide bonds. The smallest absolute Gasteiger partial charge is 0.381 e. The van der Waals surface area contributed by atoms with Gasteiger partial charge in [-0.05, 0) is 43.5 Å². The number of aromatic nitrogens is 1. The zero-order valence-electron chi connectivity index (χ0n) is 17.2. The van der Waals surface area contributed by atoms with Crippen molar-refractivity contribution in [3.63, 3.8) is 0 Å². The molecule has 0 atom stereocenters. The number of rotatable bonds is 7. The van der Waals surface area contributed by atoms with Crippen LogP contribution in [0.4, 0.5) is 13.2 Å². The number of benzene rings is 1. The van der Waals surface area contributed by atoms with E-state index in [-0.39, 0.29) is 0 Å². The van der Waals surface area contributed by atoms with Gasteiger partial charge in [-0.3, -0.25) is 4.99 Å². The zero-order chi connectivity index (χ0) is 21.5. The summed E-state index contributed by atoms with van der Waals surface area (Å²) in [6.45, 7) is 5.61. The van der Waals surface area contributed by atoms with E-state index >= 15 is 0 Å². The Kier molecular flexibility index (Phi) is 7.42. The molecule has 1 saturated heterocycles. The number of nitrogens with one attached hydrogen (secondary N) is 2. The fraction of sp³-hybridized carbons (Fsp3) is 0.500. The molecule has 0 saturated carbocycles. The van der Waals surface area contributed by atoms with Gasteiger partial charge < -0.3 is 19.9 Å². The van der Waals surface area contributed by atoms with Gasteiger partial charge in [-0.15, -0.1) is 0 Å². The van der Waals surface area contributed by atoms with Crippen LogP contribution in [0.15, 0.2) is 53.8 Å². The highest BCUT2D eigenvalue weighted by Gasteiger charge is 2.37. The van der Waals surface area contributed by atoms with E-state index in [1.54, 1.807) is 6.07 Å². The van der Waals surface area contributed by atoms with E-state index in [9.17, 15) is 13.2 Å². The summed E-state index contributed by atoms with van der Waals surface area (Å²) in [5.74, 6) is 0.669. The SMILES string of the molecule is CCNC(=NCC1(c2cccc(C(F)(F)F)c2)CCOCC1)NCCn1cccc1. The Hall–Kier alpha value is -2.48. The van der Waals surface area contributed by atoms with E-state index in [2.05, 4.69) is 15.2 Å². The normalized spacial score (nSPS) is 17.0. The molecule has 0 bridgehead atoms. The summed E-state index contributed by atoms with van der Waals surface area (Å²) in [4.78, 5) is 4.74. The van der Waals surface area contributed by atoms with Crippen LogP contribution in [-0.2, 0) is 22.9 Å². The van der Waals surface area contributed by atoms with Crippen LogP contribution < -0.4 is 10.6 Å². The number of guanidine groups is 1. The first-order valence-corrected chi connectivity index (χ1v) is 10.3. The first kappa shape index (κ1) is 22.2. The van der Waals surface area contributed by atoms with Crippen LogP contribution in [0.1, 0.15) is 30.9 Å². The minimum absolute atomic E-state index is 0.399. The Bertz CT molecular complexity index is 812. The van der Waals surface area contributed by atoms with E-state index in [0.29, 0.717) is 57.2 Å². The first-order valence-electron chi connectivity index (χ1n) is 10.3. The molecule has 5 nitrogen and oxygen atoms in total. The zero-order valence-corrected chi connectivity index (χ0v) is 17.2. The summed E-state index contributed by atoms with van der Waals surface area (Å²) in [5, 5.41) is 6.53. The summed E-state index contributed by atoms with van der Waals surface area (Å²) in [5.41, 5.74) is -0.415. The molecule has 0 radical (unpaired) electrons. The van der Waals surface area contributed by atoms with Crippen molar-refractivity contribution in [2.24, 2.45) is 4.99 Å². The molecular formula is C22H29F3N4O. The van der Waals surface area contributed by atoms with E-state index in [1.807, 2.05) is 31.5 Å². The maximum absolute atomic E-state index is 13.3. The Morgan fingerprint density at radius 2 is 1.87 bits per heavy atom. The van der Waals surface area contributed by atoms with E-state index < -0.39 is 17.2 Å². The van der Waals surface area contributed by atoms with Crippen LogP contribution in [0.3, 0.4) is 0 Å². The van der Waals surface area contributed by atoms with Crippen LogP contribution in [0.2, 0.25) is 0 Å². The summed E-state index contributed by atoms with van der Waals surface area (Å²) in [6.07, 6.45) is 0.911. The van der Waals surface area contributed by atoms with Gasteiger partial charge in [-0.2, -0.15) is 13.2 Å². The summed E-state index contributed by atoms with van der Waals surface area (Å²) >= 11 is 0. The van der Waals surface area contributed by atoms with Gasteiger partial charge in [0.1, 0.15) is 0 Å². The maximum atomic E-state index is 13.3. The molecule has 2 N–H and O–H groups in total. The molecule has 1 aliphatic heterocycles. The minimum Gasteiger partial charge on any atom is -0.381 e. The average molecular weight is 422 g/mol. The number of nitrogens with zero attached hydrogens (tertiary/aromatic N) is 2. The van der Waals surface area contributed by atoms with Gasteiger partial charge in [-0.1, -0.05) is 18.2 Å². The molecule has 0 unspecified atom stereocenters. The second-order valence-corrected chi connectivity index (χ2v) is 7.51. The van der Waals surface area contributed by atoms with Crippen LogP contribution in [0.5, 0.6) is 0 Å². The topological polar surface area (TPSA) is 50.6 Å². The Morgan fingerprint density at radius 3 is 2.53 bits per heavy atom. The van der Waals surface area contributed by atoms with E-state index in [4.69, 9.17) is 9.73 Å². The molecule has 30 heavy (non-hydrogen) atoms. The lowest BCUT2D eigenvalue weighted by molar-refractivity contribution is -0.137. The minimum atomic E-state index is -4.36. The van der Waals surface area contributed by atoms with Crippen LogP contribution >= 0.6 is 0 Å². The fourth-order valence-corrected chi connectivity index (χ4v) is 3.72. The van der Waals surface area contributed by atoms with Gasteiger partial charge in [-0.25, -0.2) is 0 Å². The highest BCUT2D eigenvalue weighted by atomic mass is 19.4. The van der Waals surface area contributed by atoms with Crippen molar-refractivity contribution in [1.82, 2.24) is 15.2 Å². The molecule has 1 aliphatic rings. The van der Waals surface area contributed by atoms with Crippen LogP contribution in [-0.4, -0.2) is 43.4 Å². The second kappa shape index (κ2) is 10.0. The first-order chi connectivity index (χ1) is 14.4. The largest absolute Gasteiger partial charge is 0.416 e. The van der Waals surface area contributed by atoms with E-state index in [0.717, 1.165) is 12.6 Å². The van der Waals surface area contributed by atoms with Crippen LogP contribution in [0.25, 0.3) is 0 Å². The average Bonchev–Trinajstić information content (AvgIpc) is 3.26. The molecule has 3 rings (SSSR count). The predicted octanol–water partition coefficient (Wildman–Crippen LogP) is 3.81. The summed E-state index contributed by atoms with van der Waals surface area (Å²) in [6, 6.07) is 9.61. The number of aliphatic imine (C=N–C) groups is 1. The quantitative estimate of drug-likeness (QED) is 0.527. The number of halogens is 3. The highest BCUT2D eigenvalue weighted by molar-refractivity contribution is 5.79. The second-order valence-electron chi connectivity index (χ2n) is 7.51. The lowest BCUT2D eigenvalue weighted by Gasteiger charge is -2.37. The van der Waals surface area contributed by atoms with Gasteiger partial charge in [0.2, 0.25) is 0 Å². The lowest BCUT2D eigenvalue weighted by atomic mass is 9.74. The van der Waals surface area contributed by atoms with Gasteiger partial charge in [0, 0.05) is 50.7 Å². The van der Waals surface area contributed by atoms with E-state index in [1.165, 1.54) is 12.1 Å². The highest BCUT2D eigenvalue weighted by Crippen LogP contribution is 2.38. The van der Waals surface area contributed by atoms with Gasteiger partial charge >= 0.3 is 6.18 Å². The van der Waals surface area contributed by atoms with Crippen LogP contribution in [0, 0.1) is 0 Å². The molecule has 0 aliphatic carbocycles. The Balaban J connectivity index is 1.76. The summed E-state index contributed by atoms with van der Waals surface area (Å²) < 4.78 is 47.3. The molecule has 8 heteroatoms.